The fourth-order valence-electron chi connectivity index (χ4n) is 4.56. The molecule has 5 rings (SSSR count). The number of amides is 1. The van der Waals surface area contributed by atoms with Crippen molar-refractivity contribution in [1.29, 1.82) is 0 Å². The third-order valence-corrected chi connectivity index (χ3v) is 6.76. The van der Waals surface area contributed by atoms with Crippen molar-refractivity contribution in [3.05, 3.63) is 101 Å². The summed E-state index contributed by atoms with van der Waals surface area (Å²) in [5.74, 6) is -0.836. The van der Waals surface area contributed by atoms with Gasteiger partial charge in [-0.2, -0.15) is 5.10 Å². The molecule has 1 N–H and O–H groups in total. The van der Waals surface area contributed by atoms with Crippen molar-refractivity contribution in [3.8, 4) is 5.69 Å². The number of hydrogen-bond acceptors (Lipinski definition) is 5. The van der Waals surface area contributed by atoms with Gasteiger partial charge in [0.15, 0.2) is 0 Å². The van der Waals surface area contributed by atoms with Gasteiger partial charge in [0.2, 0.25) is 11.0 Å². The van der Waals surface area contributed by atoms with E-state index in [-0.39, 0.29) is 29.5 Å². The molecular formula is C27H24FN5OS. The zero-order chi connectivity index (χ0) is 24.4. The summed E-state index contributed by atoms with van der Waals surface area (Å²) in [5, 5.41) is 16.7. The zero-order valence-electron chi connectivity index (χ0n) is 19.3. The zero-order valence-corrected chi connectivity index (χ0v) is 20.1. The molecule has 1 amide bonds. The molecule has 0 saturated heterocycles. The molecule has 5 aromatic rings. The highest BCUT2D eigenvalue weighted by atomic mass is 32.1. The van der Waals surface area contributed by atoms with E-state index in [4.69, 9.17) is 0 Å². The normalized spacial score (nSPS) is 13.1. The average Bonchev–Trinajstić information content (AvgIpc) is 3.52. The summed E-state index contributed by atoms with van der Waals surface area (Å²) in [7, 11) is 0. The number of nitrogens with one attached hydrogen (secondary N) is 1. The lowest BCUT2D eigenvalue weighted by Gasteiger charge is -2.30. The van der Waals surface area contributed by atoms with Gasteiger partial charge < -0.3 is 5.32 Å². The molecule has 2 heterocycles. The molecule has 2 aromatic heterocycles. The molecular weight excluding hydrogens is 461 g/mol. The lowest BCUT2D eigenvalue weighted by molar-refractivity contribution is -0.121. The van der Waals surface area contributed by atoms with Gasteiger partial charge in [-0.3, -0.25) is 4.79 Å². The van der Waals surface area contributed by atoms with Gasteiger partial charge in [0.05, 0.1) is 23.3 Å². The van der Waals surface area contributed by atoms with E-state index < -0.39 is 0 Å². The largest absolute Gasteiger partial charge is 0.300 e. The predicted octanol–water partition coefficient (Wildman–Crippen LogP) is 6.06. The van der Waals surface area contributed by atoms with Gasteiger partial charge in [0, 0.05) is 11.3 Å². The average molecular weight is 486 g/mol. The Hall–Kier alpha value is -3.91. The number of rotatable bonds is 7. The van der Waals surface area contributed by atoms with Crippen LogP contribution in [0.15, 0.2) is 84.5 Å². The summed E-state index contributed by atoms with van der Waals surface area (Å²) in [6.45, 7) is 4.12. The molecule has 0 aliphatic carbocycles. The molecule has 2 atom stereocenters. The first-order valence-corrected chi connectivity index (χ1v) is 12.2. The second kappa shape index (κ2) is 9.76. The molecule has 0 bridgehead atoms. The summed E-state index contributed by atoms with van der Waals surface area (Å²) in [4.78, 5) is 13.5. The number of anilines is 1. The number of fused-ring (bicyclic) bond motifs is 1. The van der Waals surface area contributed by atoms with Gasteiger partial charge in [-0.15, -0.1) is 10.2 Å². The van der Waals surface area contributed by atoms with Crippen LogP contribution in [0.2, 0.25) is 0 Å². The standard InChI is InChI=1S/C27H24FN5OS/c1-17(2)24(26(34)31-27-32-29-16-35-27)25(18-6-4-3-5-7-18)19-8-13-23-20(14-19)15-30-33(23)22-11-9-21(28)10-12-22/h3-17,24-25H,1-2H3,(H,31,32,34). The SMILES string of the molecule is CC(C)C(C(=O)Nc1nncs1)C(c1ccccc1)c1ccc2c(cnn2-c2ccc(F)cc2)c1. The van der Waals surface area contributed by atoms with Crippen molar-refractivity contribution < 1.29 is 9.18 Å². The lowest BCUT2D eigenvalue weighted by atomic mass is 9.74. The monoisotopic (exact) mass is 485 g/mol. The van der Waals surface area contributed by atoms with Gasteiger partial charge >= 0.3 is 0 Å². The maximum absolute atomic E-state index is 13.5. The highest BCUT2D eigenvalue weighted by molar-refractivity contribution is 7.13. The van der Waals surface area contributed by atoms with Crippen molar-refractivity contribution in [1.82, 2.24) is 20.0 Å². The number of carbonyl (C=O) groups excluding carboxylic acids is 1. The molecule has 176 valence electrons. The van der Waals surface area contributed by atoms with Crippen LogP contribution >= 0.6 is 11.3 Å². The highest BCUT2D eigenvalue weighted by Crippen LogP contribution is 2.38. The Labute approximate surface area is 206 Å². The van der Waals surface area contributed by atoms with E-state index in [1.807, 2.05) is 24.3 Å². The van der Waals surface area contributed by atoms with E-state index in [2.05, 4.69) is 58.7 Å². The first-order chi connectivity index (χ1) is 17.0. The van der Waals surface area contributed by atoms with Crippen molar-refractivity contribution in [3.63, 3.8) is 0 Å². The van der Waals surface area contributed by atoms with Crippen molar-refractivity contribution >= 4 is 33.3 Å². The first-order valence-electron chi connectivity index (χ1n) is 11.4. The smallest absolute Gasteiger partial charge is 0.230 e. The second-order valence-electron chi connectivity index (χ2n) is 8.74. The molecule has 0 saturated carbocycles. The summed E-state index contributed by atoms with van der Waals surface area (Å²) in [6, 6.07) is 22.5. The van der Waals surface area contributed by atoms with Crippen LogP contribution in [0.4, 0.5) is 9.52 Å². The molecule has 0 fully saturated rings. The minimum Gasteiger partial charge on any atom is -0.300 e. The van der Waals surface area contributed by atoms with Crippen LogP contribution in [0.3, 0.4) is 0 Å². The van der Waals surface area contributed by atoms with Gasteiger partial charge in [0.1, 0.15) is 11.3 Å². The maximum atomic E-state index is 13.5. The molecule has 0 radical (unpaired) electrons. The number of carbonyl (C=O) groups is 1. The Morgan fingerprint density at radius 1 is 1.00 bits per heavy atom. The minimum absolute atomic E-state index is 0.0609. The van der Waals surface area contributed by atoms with E-state index in [1.54, 1.807) is 28.5 Å². The number of aromatic nitrogens is 4. The molecule has 35 heavy (non-hydrogen) atoms. The van der Waals surface area contributed by atoms with Crippen molar-refractivity contribution in [2.45, 2.75) is 19.8 Å². The summed E-state index contributed by atoms with van der Waals surface area (Å²) < 4.78 is 15.2. The summed E-state index contributed by atoms with van der Waals surface area (Å²) in [6.07, 6.45) is 1.80. The maximum Gasteiger partial charge on any atom is 0.230 e. The van der Waals surface area contributed by atoms with Gasteiger partial charge in [0.25, 0.3) is 0 Å². The van der Waals surface area contributed by atoms with Crippen molar-refractivity contribution in [2.75, 3.05) is 5.32 Å². The lowest BCUT2D eigenvalue weighted by Crippen LogP contribution is -2.33. The summed E-state index contributed by atoms with van der Waals surface area (Å²) >= 11 is 1.30. The van der Waals surface area contributed by atoms with E-state index in [0.717, 1.165) is 27.7 Å². The number of benzene rings is 3. The van der Waals surface area contributed by atoms with E-state index in [1.165, 1.54) is 23.5 Å². The van der Waals surface area contributed by atoms with Crippen LogP contribution in [0, 0.1) is 17.7 Å². The molecule has 3 aromatic carbocycles. The van der Waals surface area contributed by atoms with Crippen LogP contribution in [-0.2, 0) is 4.79 Å². The number of halogens is 1. The van der Waals surface area contributed by atoms with Gasteiger partial charge in [-0.1, -0.05) is 61.6 Å². The Bertz CT molecular complexity index is 1430. The Morgan fingerprint density at radius 3 is 2.46 bits per heavy atom. The topological polar surface area (TPSA) is 72.7 Å². The summed E-state index contributed by atoms with van der Waals surface area (Å²) in [5.41, 5.74) is 5.37. The molecule has 6 nitrogen and oxygen atoms in total. The van der Waals surface area contributed by atoms with Crippen molar-refractivity contribution in [2.24, 2.45) is 11.8 Å². The third kappa shape index (κ3) is 4.70. The molecule has 2 unspecified atom stereocenters. The molecule has 8 heteroatoms. The Kier molecular flexibility index (Phi) is 6.37. The fraction of sp³-hybridized carbons (Fsp3) is 0.185. The minimum atomic E-state index is -0.342. The Balaban J connectivity index is 1.58. The van der Waals surface area contributed by atoms with Crippen LogP contribution in [0.25, 0.3) is 16.6 Å². The first kappa shape index (κ1) is 22.9. The molecule has 0 aliphatic rings. The van der Waals surface area contributed by atoms with Crippen LogP contribution < -0.4 is 5.32 Å². The molecule has 0 spiro atoms. The van der Waals surface area contributed by atoms with E-state index in [9.17, 15) is 9.18 Å². The van der Waals surface area contributed by atoms with E-state index in [0.29, 0.717) is 5.13 Å². The number of nitrogens with zero attached hydrogens (tertiary/aromatic N) is 4. The van der Waals surface area contributed by atoms with Crippen LogP contribution in [0.1, 0.15) is 30.9 Å². The predicted molar refractivity (Wildman–Crippen MR) is 136 cm³/mol. The Morgan fingerprint density at radius 2 is 1.77 bits per heavy atom. The molecule has 0 aliphatic heterocycles. The van der Waals surface area contributed by atoms with E-state index >= 15 is 0 Å². The highest BCUT2D eigenvalue weighted by Gasteiger charge is 2.34. The quantitative estimate of drug-likeness (QED) is 0.304. The van der Waals surface area contributed by atoms with Gasteiger partial charge in [-0.25, -0.2) is 9.07 Å². The fourth-order valence-corrected chi connectivity index (χ4v) is 5.00. The number of hydrogen-bond donors (Lipinski definition) is 1. The van der Waals surface area contributed by atoms with Crippen LogP contribution in [-0.4, -0.2) is 25.9 Å². The second-order valence-corrected chi connectivity index (χ2v) is 9.58. The van der Waals surface area contributed by atoms with Crippen LogP contribution in [0.5, 0.6) is 0 Å². The van der Waals surface area contributed by atoms with Gasteiger partial charge in [-0.05, 0) is 53.4 Å². The third-order valence-electron chi connectivity index (χ3n) is 6.15.